The summed E-state index contributed by atoms with van der Waals surface area (Å²) in [4.78, 5) is 7.61. The van der Waals surface area contributed by atoms with Crippen LogP contribution in [0, 0.1) is 12.8 Å². The molecule has 1 aliphatic heterocycles. The van der Waals surface area contributed by atoms with Gasteiger partial charge in [-0.2, -0.15) is 0 Å². The first kappa shape index (κ1) is 22.7. The van der Waals surface area contributed by atoms with Crippen LogP contribution in [-0.2, 0) is 16.4 Å². The Morgan fingerprint density at radius 3 is 2.71 bits per heavy atom. The fourth-order valence-electron chi connectivity index (χ4n) is 3.74. The van der Waals surface area contributed by atoms with Gasteiger partial charge < -0.3 is 10.6 Å². The molecule has 2 rings (SSSR count). The molecule has 0 spiro atoms. The summed E-state index contributed by atoms with van der Waals surface area (Å²) in [6.07, 6.45) is 3.85. The maximum absolute atomic E-state index is 11.8. The van der Waals surface area contributed by atoms with Crippen molar-refractivity contribution in [3.63, 3.8) is 0 Å². The van der Waals surface area contributed by atoms with Crippen LogP contribution in [0.3, 0.4) is 0 Å². The lowest BCUT2D eigenvalue weighted by atomic mass is 9.99. The van der Waals surface area contributed by atoms with E-state index in [4.69, 9.17) is 0 Å². The van der Waals surface area contributed by atoms with Crippen LogP contribution in [-0.4, -0.2) is 57.8 Å². The number of hydrogen-bond acceptors (Lipinski definition) is 4. The van der Waals surface area contributed by atoms with Crippen molar-refractivity contribution in [3.05, 3.63) is 29.3 Å². The number of guanidine groups is 1. The summed E-state index contributed by atoms with van der Waals surface area (Å²) in [5.41, 5.74) is 1.76. The molecule has 7 heteroatoms. The zero-order chi connectivity index (χ0) is 20.7. The quantitative estimate of drug-likeness (QED) is 0.536. The molecule has 0 radical (unpaired) electrons. The van der Waals surface area contributed by atoms with E-state index in [1.165, 1.54) is 32.2 Å². The van der Waals surface area contributed by atoms with Gasteiger partial charge in [0, 0.05) is 31.9 Å². The van der Waals surface area contributed by atoms with Gasteiger partial charge in [-0.25, -0.2) is 13.4 Å². The van der Waals surface area contributed by atoms with Crippen molar-refractivity contribution in [1.82, 2.24) is 15.5 Å². The first-order valence-electron chi connectivity index (χ1n) is 10.3. The zero-order valence-electron chi connectivity index (χ0n) is 18.0. The molecule has 1 fully saturated rings. The first-order valence-corrected chi connectivity index (χ1v) is 12.2. The molecule has 1 aliphatic rings. The summed E-state index contributed by atoms with van der Waals surface area (Å²) in [7, 11) is -3.19. The fourth-order valence-corrected chi connectivity index (χ4v) is 4.70. The molecule has 0 aromatic heterocycles. The summed E-state index contributed by atoms with van der Waals surface area (Å²) in [5, 5.41) is 6.75. The number of piperidine rings is 1. The summed E-state index contributed by atoms with van der Waals surface area (Å²) in [6.45, 7) is 13.0. The third-order valence-corrected chi connectivity index (χ3v) is 6.54. The highest BCUT2D eigenvalue weighted by Gasteiger charge is 2.20. The molecule has 0 saturated carbocycles. The summed E-state index contributed by atoms with van der Waals surface area (Å²) >= 11 is 0. The number of rotatable bonds is 7. The highest BCUT2D eigenvalue weighted by molar-refractivity contribution is 7.90. The summed E-state index contributed by atoms with van der Waals surface area (Å²) in [5.74, 6) is 1.57. The van der Waals surface area contributed by atoms with Crippen LogP contribution in [0.2, 0.25) is 0 Å². The number of aryl methyl sites for hydroxylation is 1. The topological polar surface area (TPSA) is 73.8 Å². The van der Waals surface area contributed by atoms with Crippen LogP contribution >= 0.6 is 0 Å². The van der Waals surface area contributed by atoms with Gasteiger partial charge >= 0.3 is 0 Å². The van der Waals surface area contributed by atoms with Crippen LogP contribution in [0.25, 0.3) is 0 Å². The lowest BCUT2D eigenvalue weighted by Crippen LogP contribution is -2.48. The lowest BCUT2D eigenvalue weighted by Gasteiger charge is -2.35. The Balaban J connectivity index is 1.97. The van der Waals surface area contributed by atoms with E-state index in [0.29, 0.717) is 17.5 Å². The second kappa shape index (κ2) is 10.3. The first-order chi connectivity index (χ1) is 13.2. The minimum atomic E-state index is -3.19. The van der Waals surface area contributed by atoms with Gasteiger partial charge in [0.2, 0.25) is 0 Å². The zero-order valence-corrected chi connectivity index (χ0v) is 18.8. The van der Waals surface area contributed by atoms with Gasteiger partial charge in [-0.15, -0.1) is 0 Å². The van der Waals surface area contributed by atoms with Gasteiger partial charge in [0.05, 0.1) is 11.4 Å². The third-order valence-electron chi connectivity index (χ3n) is 5.28. The molecule has 0 bridgehead atoms. The largest absolute Gasteiger partial charge is 0.357 e. The van der Waals surface area contributed by atoms with E-state index in [2.05, 4.69) is 41.3 Å². The van der Waals surface area contributed by atoms with Crippen molar-refractivity contribution in [1.29, 1.82) is 0 Å². The fraction of sp³-hybridized carbons (Fsp3) is 0.667. The van der Waals surface area contributed by atoms with Crippen molar-refractivity contribution in [3.8, 4) is 0 Å². The SMILES string of the molecule is CCNC(=NCc1ccc(S(C)(=O)=O)c(C)c1)NCC(C)N1CCCC(C)C1. The smallest absolute Gasteiger partial charge is 0.191 e. The number of nitrogens with one attached hydrogen (secondary N) is 2. The Morgan fingerprint density at radius 2 is 2.11 bits per heavy atom. The van der Waals surface area contributed by atoms with Crippen molar-refractivity contribution in [2.24, 2.45) is 10.9 Å². The predicted molar refractivity (Wildman–Crippen MR) is 117 cm³/mol. The van der Waals surface area contributed by atoms with Gasteiger partial charge in [-0.3, -0.25) is 4.90 Å². The number of hydrogen-bond donors (Lipinski definition) is 2. The average Bonchev–Trinajstić information content (AvgIpc) is 2.62. The highest BCUT2D eigenvalue weighted by Crippen LogP contribution is 2.18. The van der Waals surface area contributed by atoms with Gasteiger partial charge in [0.25, 0.3) is 0 Å². The molecule has 2 atom stereocenters. The van der Waals surface area contributed by atoms with Gasteiger partial charge in [-0.1, -0.05) is 19.1 Å². The second-order valence-corrected chi connectivity index (χ2v) is 10.0. The molecule has 0 aliphatic carbocycles. The van der Waals surface area contributed by atoms with E-state index >= 15 is 0 Å². The normalized spacial score (nSPS) is 20.0. The molecule has 6 nitrogen and oxygen atoms in total. The van der Waals surface area contributed by atoms with Crippen molar-refractivity contribution in [2.45, 2.75) is 58.0 Å². The maximum Gasteiger partial charge on any atom is 0.191 e. The standard InChI is InChI=1S/C21H36N4O2S/c1-6-22-21(23-13-18(4)25-11-7-8-16(2)15-25)24-14-19-9-10-20(17(3)12-19)28(5,26)27/h9-10,12,16,18H,6-8,11,13-15H2,1-5H3,(H2,22,23,24). The van der Waals surface area contributed by atoms with E-state index < -0.39 is 9.84 Å². The molecule has 1 aromatic rings. The minimum Gasteiger partial charge on any atom is -0.357 e. The summed E-state index contributed by atoms with van der Waals surface area (Å²) < 4.78 is 23.5. The number of nitrogens with zero attached hydrogens (tertiary/aromatic N) is 2. The average molecular weight is 409 g/mol. The highest BCUT2D eigenvalue weighted by atomic mass is 32.2. The van der Waals surface area contributed by atoms with Crippen LogP contribution in [0.1, 0.15) is 44.7 Å². The van der Waals surface area contributed by atoms with E-state index in [1.54, 1.807) is 6.07 Å². The molecule has 1 saturated heterocycles. The Hall–Kier alpha value is -1.60. The van der Waals surface area contributed by atoms with Crippen molar-refractivity contribution < 1.29 is 8.42 Å². The Morgan fingerprint density at radius 1 is 1.36 bits per heavy atom. The van der Waals surface area contributed by atoms with Gasteiger partial charge in [0.15, 0.2) is 15.8 Å². The number of aliphatic imine (C=N–C) groups is 1. The number of likely N-dealkylation sites (tertiary alicyclic amines) is 1. The number of benzene rings is 1. The van der Waals surface area contributed by atoms with Crippen molar-refractivity contribution in [2.75, 3.05) is 32.4 Å². The van der Waals surface area contributed by atoms with Crippen LogP contribution < -0.4 is 10.6 Å². The monoisotopic (exact) mass is 408 g/mol. The second-order valence-electron chi connectivity index (χ2n) is 8.04. The molecule has 158 valence electrons. The molecule has 28 heavy (non-hydrogen) atoms. The molecular formula is C21H36N4O2S. The molecule has 0 amide bonds. The van der Waals surface area contributed by atoms with Crippen LogP contribution in [0.5, 0.6) is 0 Å². The number of sulfone groups is 1. The van der Waals surface area contributed by atoms with E-state index in [-0.39, 0.29) is 0 Å². The van der Waals surface area contributed by atoms with Crippen LogP contribution in [0.15, 0.2) is 28.1 Å². The molecule has 2 unspecified atom stereocenters. The predicted octanol–water partition coefficient (Wildman–Crippen LogP) is 2.57. The molecule has 1 aromatic carbocycles. The maximum atomic E-state index is 11.8. The van der Waals surface area contributed by atoms with Gasteiger partial charge in [0.1, 0.15) is 0 Å². The Kier molecular flexibility index (Phi) is 8.31. The van der Waals surface area contributed by atoms with E-state index in [1.807, 2.05) is 19.1 Å². The summed E-state index contributed by atoms with van der Waals surface area (Å²) in [6, 6.07) is 5.88. The lowest BCUT2D eigenvalue weighted by molar-refractivity contribution is 0.139. The Labute approximate surface area is 170 Å². The molecule has 2 N–H and O–H groups in total. The van der Waals surface area contributed by atoms with E-state index in [9.17, 15) is 8.42 Å². The van der Waals surface area contributed by atoms with E-state index in [0.717, 1.165) is 36.1 Å². The molecule has 1 heterocycles. The van der Waals surface area contributed by atoms with Crippen LogP contribution in [0.4, 0.5) is 0 Å². The minimum absolute atomic E-state index is 0.384. The Bertz CT molecular complexity index is 777. The van der Waals surface area contributed by atoms with Gasteiger partial charge in [-0.05, 0) is 63.3 Å². The molecular weight excluding hydrogens is 372 g/mol. The third kappa shape index (κ3) is 6.78. The van der Waals surface area contributed by atoms with Crippen molar-refractivity contribution >= 4 is 15.8 Å².